The first-order valence-electron chi connectivity index (χ1n) is 14.7. The van der Waals surface area contributed by atoms with Crippen molar-refractivity contribution >= 4 is 56.1 Å². The van der Waals surface area contributed by atoms with Gasteiger partial charge in [0.2, 0.25) is 11.4 Å². The van der Waals surface area contributed by atoms with Gasteiger partial charge in [-0.1, -0.05) is 49.5 Å². The number of thiocarbonyl (C=S) groups is 1. The molecule has 0 heterocycles. The topological polar surface area (TPSA) is 159 Å². The highest BCUT2D eigenvalue weighted by atomic mass is 32.2. The molecule has 0 aliphatic carbocycles. The van der Waals surface area contributed by atoms with Crippen LogP contribution >= 0.6 is 24.0 Å². The maximum Gasteiger partial charge on any atom is 0.309 e. The van der Waals surface area contributed by atoms with E-state index in [-0.39, 0.29) is 45.7 Å². The quantitative estimate of drug-likeness (QED) is 0.0622. The van der Waals surface area contributed by atoms with Crippen LogP contribution in [-0.4, -0.2) is 97.7 Å². The summed E-state index contributed by atoms with van der Waals surface area (Å²) < 4.78 is 53.9. The van der Waals surface area contributed by atoms with Crippen LogP contribution in [0.4, 0.5) is 0 Å². The number of carbonyl (C=O) groups is 3. The Morgan fingerprint density at radius 3 is 2.00 bits per heavy atom. The van der Waals surface area contributed by atoms with E-state index in [0.29, 0.717) is 16.2 Å². The molecule has 0 saturated carbocycles. The van der Waals surface area contributed by atoms with E-state index in [1.165, 1.54) is 28.1 Å². The van der Waals surface area contributed by atoms with Crippen LogP contribution in [0, 0.1) is 18.4 Å². The van der Waals surface area contributed by atoms with E-state index < -0.39 is 61.9 Å². The molecule has 2 N–H and O–H groups in total. The highest BCUT2D eigenvalue weighted by molar-refractivity contribution is 8.24. The normalized spacial score (nSPS) is 15.0. The third kappa shape index (κ3) is 15.8. The maximum absolute atomic E-state index is 13.8. The lowest BCUT2D eigenvalue weighted by Crippen LogP contribution is -2.51. The number of thioether (sulfide) groups is 1. The Morgan fingerprint density at radius 2 is 1.52 bits per heavy atom. The van der Waals surface area contributed by atoms with Gasteiger partial charge in [-0.05, 0) is 32.3 Å². The van der Waals surface area contributed by atoms with E-state index >= 15 is 0 Å². The van der Waals surface area contributed by atoms with Gasteiger partial charge in [-0.15, -0.1) is 11.8 Å². The summed E-state index contributed by atoms with van der Waals surface area (Å²) in [6, 6.07) is 8.91. The minimum atomic E-state index is -4.44. The van der Waals surface area contributed by atoms with E-state index in [1.807, 2.05) is 13.0 Å². The van der Waals surface area contributed by atoms with Crippen LogP contribution in [0.2, 0.25) is 0 Å². The average molecular weight is 703 g/mol. The Balaban J connectivity index is 3.55. The van der Waals surface area contributed by atoms with Crippen molar-refractivity contribution in [1.82, 2.24) is 5.32 Å². The van der Waals surface area contributed by atoms with Gasteiger partial charge in [0.25, 0.3) is 10.1 Å². The van der Waals surface area contributed by atoms with Gasteiger partial charge in [0, 0.05) is 34.0 Å². The molecular weight excluding hydrogens is 657 g/mol. The third-order valence-corrected chi connectivity index (χ3v) is 9.82. The van der Waals surface area contributed by atoms with E-state index in [9.17, 15) is 27.4 Å². The highest BCUT2D eigenvalue weighted by Gasteiger charge is 2.41. The van der Waals surface area contributed by atoms with Gasteiger partial charge < -0.3 is 29.1 Å². The second-order valence-corrected chi connectivity index (χ2v) is 15.0. The zero-order valence-electron chi connectivity index (χ0n) is 27.3. The molecule has 12 nitrogen and oxygen atoms in total. The van der Waals surface area contributed by atoms with Crippen LogP contribution in [0.3, 0.4) is 0 Å². The fraction of sp³-hybridized carbons (Fsp3) is 0.645. The van der Waals surface area contributed by atoms with Crippen LogP contribution in [-0.2, 0) is 43.4 Å². The predicted molar refractivity (Wildman–Crippen MR) is 180 cm³/mol. The first-order valence-corrected chi connectivity index (χ1v) is 17.6. The number of benzene rings is 1. The molecule has 0 radical (unpaired) electrons. The number of nitrogens with zero attached hydrogens (tertiary/aromatic N) is 1. The standard InChI is InChI=1S/C31H46N2O10S3/c1-8-31(4,32-5)20-24(28(36)43-17-15-41-7)18-23(27(35)42-16-14-40-6)19-25(45-29(44)22-12-10-9-11-13-22)26(34)33-30(2,3)21-46(37,38)39/h9-13,23-25H,8,14-21H2,1-4,6-7H3,(H,33,34)(H,37,38,39). The minimum Gasteiger partial charge on any atom is -0.463 e. The van der Waals surface area contributed by atoms with E-state index in [0.717, 1.165) is 11.8 Å². The predicted octanol–water partition coefficient (Wildman–Crippen LogP) is 4.12. The van der Waals surface area contributed by atoms with Crippen LogP contribution in [0.5, 0.6) is 0 Å². The molecule has 0 saturated heterocycles. The van der Waals surface area contributed by atoms with Crippen molar-refractivity contribution < 1.29 is 46.3 Å². The third-order valence-electron chi connectivity index (χ3n) is 7.07. The molecule has 15 heteroatoms. The zero-order valence-corrected chi connectivity index (χ0v) is 29.7. The average Bonchev–Trinajstić information content (AvgIpc) is 2.98. The van der Waals surface area contributed by atoms with Gasteiger partial charge in [0.15, 0.2) is 0 Å². The lowest BCUT2D eigenvalue weighted by molar-refractivity contribution is -0.155. The first kappa shape index (κ1) is 41.4. The summed E-state index contributed by atoms with van der Waals surface area (Å²) in [4.78, 5) is 44.3. The van der Waals surface area contributed by atoms with E-state index in [4.69, 9.17) is 37.7 Å². The number of rotatable bonds is 21. The van der Waals surface area contributed by atoms with E-state index in [2.05, 4.69) is 10.2 Å². The molecule has 1 rings (SSSR count). The molecular formula is C31H46N2O10S3. The van der Waals surface area contributed by atoms with Gasteiger partial charge >= 0.3 is 11.9 Å². The molecule has 4 unspecified atom stereocenters. The summed E-state index contributed by atoms with van der Waals surface area (Å²) in [6.07, 6.45) is 0.282. The van der Waals surface area contributed by atoms with Crippen molar-refractivity contribution in [1.29, 1.82) is 0 Å². The Morgan fingerprint density at radius 1 is 0.978 bits per heavy atom. The van der Waals surface area contributed by atoms with Crippen molar-refractivity contribution in [3.05, 3.63) is 47.3 Å². The number of ether oxygens (including phenoxy) is 4. The van der Waals surface area contributed by atoms with Crippen molar-refractivity contribution in [2.45, 2.75) is 69.7 Å². The molecule has 0 aromatic heterocycles. The molecule has 258 valence electrons. The van der Waals surface area contributed by atoms with Crippen molar-refractivity contribution in [2.75, 3.05) is 46.4 Å². The van der Waals surface area contributed by atoms with Gasteiger partial charge in [-0.2, -0.15) is 8.42 Å². The summed E-state index contributed by atoms with van der Waals surface area (Å²) in [5, 5.41) is 1.61. The fourth-order valence-corrected chi connectivity index (χ4v) is 7.02. The lowest BCUT2D eigenvalue weighted by atomic mass is 9.81. The van der Waals surface area contributed by atoms with Crippen LogP contribution in [0.25, 0.3) is 4.85 Å². The first-order chi connectivity index (χ1) is 21.5. The summed E-state index contributed by atoms with van der Waals surface area (Å²) in [6.45, 7) is 14.3. The lowest BCUT2D eigenvalue weighted by Gasteiger charge is -2.30. The van der Waals surface area contributed by atoms with Crippen molar-refractivity contribution in [3.63, 3.8) is 0 Å². The minimum absolute atomic E-state index is 0.0231. The number of esters is 2. The number of hydrogen-bond donors (Lipinski definition) is 2. The van der Waals surface area contributed by atoms with Crippen LogP contribution in [0.1, 0.15) is 58.9 Å². The highest BCUT2D eigenvalue weighted by Crippen LogP contribution is 2.34. The molecule has 1 aromatic carbocycles. The van der Waals surface area contributed by atoms with Crippen molar-refractivity contribution in [2.24, 2.45) is 11.8 Å². The maximum atomic E-state index is 13.8. The summed E-state index contributed by atoms with van der Waals surface area (Å²) in [5.74, 6) is -4.62. The van der Waals surface area contributed by atoms with Crippen LogP contribution in [0.15, 0.2) is 30.3 Å². The molecule has 0 aliphatic rings. The summed E-state index contributed by atoms with van der Waals surface area (Å²) >= 11 is 6.64. The molecule has 0 fully saturated rings. The number of methoxy groups -OCH3 is 2. The Bertz CT molecular complexity index is 1300. The van der Waals surface area contributed by atoms with Crippen molar-refractivity contribution in [3.8, 4) is 0 Å². The second-order valence-electron chi connectivity index (χ2n) is 11.7. The second kappa shape index (κ2) is 19.9. The van der Waals surface area contributed by atoms with E-state index in [1.54, 1.807) is 31.2 Å². The molecule has 0 bridgehead atoms. The fourth-order valence-electron chi connectivity index (χ4n) is 4.53. The molecule has 1 aromatic rings. The monoisotopic (exact) mass is 702 g/mol. The largest absolute Gasteiger partial charge is 0.463 e. The van der Waals surface area contributed by atoms with Gasteiger partial charge in [0.1, 0.15) is 13.2 Å². The smallest absolute Gasteiger partial charge is 0.309 e. The van der Waals surface area contributed by atoms with Crippen LogP contribution < -0.4 is 5.32 Å². The van der Waals surface area contributed by atoms with Gasteiger partial charge in [-0.3, -0.25) is 18.9 Å². The Kier molecular flexibility index (Phi) is 17.9. The molecule has 4 atom stereocenters. The number of nitrogens with one attached hydrogen (secondary N) is 1. The Hall–Kier alpha value is -2.61. The molecule has 1 amide bonds. The summed E-state index contributed by atoms with van der Waals surface area (Å²) in [7, 11) is -1.53. The molecule has 0 aliphatic heterocycles. The summed E-state index contributed by atoms with van der Waals surface area (Å²) in [5.41, 5.74) is -1.64. The number of amides is 1. The zero-order chi connectivity index (χ0) is 35.0. The van der Waals surface area contributed by atoms with Gasteiger partial charge in [0.05, 0.1) is 45.8 Å². The number of carbonyl (C=O) groups excluding carboxylic acids is 3. The molecule has 46 heavy (non-hydrogen) atoms. The van der Waals surface area contributed by atoms with Gasteiger partial charge in [-0.25, -0.2) is 6.57 Å². The number of hydrogen-bond acceptors (Lipinski definition) is 11. The SMILES string of the molecule is [C-]#[N+]C(C)(CC)CC(CC(CC(SC(=S)c1ccccc1)C(=O)NC(C)(C)CS(=O)(=O)O)C(=O)OCCOC)C(=O)OCCOC. The molecule has 0 spiro atoms. The Labute approximate surface area is 282 Å².